The van der Waals surface area contributed by atoms with Crippen LogP contribution in [0.2, 0.25) is 0 Å². The third-order valence-corrected chi connectivity index (χ3v) is 4.17. The number of carbonyl (C=O) groups excluding carboxylic acids is 1. The van der Waals surface area contributed by atoms with Crippen molar-refractivity contribution in [3.05, 3.63) is 65.2 Å². The zero-order valence-electron chi connectivity index (χ0n) is 16.0. The van der Waals surface area contributed by atoms with Crippen molar-refractivity contribution in [1.82, 2.24) is 5.32 Å². The van der Waals surface area contributed by atoms with Gasteiger partial charge in [-0.15, -0.1) is 0 Å². The average molecular weight is 432 g/mol. The summed E-state index contributed by atoms with van der Waals surface area (Å²) in [7, 11) is 1.49. The average Bonchev–Trinajstić information content (AvgIpc) is 2.65. The molecule has 10 heteroatoms. The molecule has 0 unspecified atom stereocenters. The second-order valence-electron chi connectivity index (χ2n) is 6.57. The highest BCUT2D eigenvalue weighted by Crippen LogP contribution is 2.19. The number of hydrogen-bond donors (Lipinski definition) is 2. The van der Waals surface area contributed by atoms with Gasteiger partial charge in [-0.05, 0) is 41.8 Å². The number of hydrogen-bond acceptors (Lipinski definition) is 5. The van der Waals surface area contributed by atoms with Crippen molar-refractivity contribution in [2.45, 2.75) is 31.3 Å². The number of benzene rings is 2. The van der Waals surface area contributed by atoms with E-state index in [9.17, 15) is 26.7 Å². The smallest absolute Gasteiger partial charge is 0.490 e. The van der Waals surface area contributed by atoms with Crippen LogP contribution in [-0.4, -0.2) is 37.9 Å². The molecule has 164 valence electrons. The summed E-state index contributed by atoms with van der Waals surface area (Å²) in [5.74, 6) is -3.50. The van der Waals surface area contributed by atoms with Crippen LogP contribution in [0.15, 0.2) is 42.5 Å². The largest absolute Gasteiger partial charge is 0.497 e. The van der Waals surface area contributed by atoms with Crippen LogP contribution in [0.25, 0.3) is 0 Å². The number of ether oxygens (including phenoxy) is 2. The Morgan fingerprint density at radius 3 is 2.37 bits per heavy atom. The number of nitrogens with one attached hydrogen (secondary N) is 1. The Morgan fingerprint density at radius 1 is 1.10 bits per heavy atom. The van der Waals surface area contributed by atoms with Gasteiger partial charge in [0.05, 0.1) is 7.11 Å². The van der Waals surface area contributed by atoms with E-state index in [1.54, 1.807) is 24.3 Å². The summed E-state index contributed by atoms with van der Waals surface area (Å²) in [6.07, 6.45) is -6.79. The molecule has 0 aliphatic carbocycles. The van der Waals surface area contributed by atoms with E-state index in [0.29, 0.717) is 11.8 Å². The highest BCUT2D eigenvalue weighted by molar-refractivity contribution is 5.75. The molecule has 0 bridgehead atoms. The van der Waals surface area contributed by atoms with Crippen LogP contribution in [-0.2, 0) is 22.5 Å². The number of alkyl halides is 3. The van der Waals surface area contributed by atoms with Crippen molar-refractivity contribution in [3.63, 3.8) is 0 Å². The molecule has 3 N–H and O–H groups in total. The van der Waals surface area contributed by atoms with Gasteiger partial charge in [0.25, 0.3) is 0 Å². The van der Waals surface area contributed by atoms with Crippen molar-refractivity contribution >= 4 is 5.97 Å². The third kappa shape index (κ3) is 7.27. The lowest BCUT2D eigenvalue weighted by atomic mass is 10.0. The molecule has 0 spiro atoms. The summed E-state index contributed by atoms with van der Waals surface area (Å²) in [5, 5.41) is 2.87. The molecular weight excluding hydrogens is 411 g/mol. The van der Waals surface area contributed by atoms with Gasteiger partial charge in [-0.3, -0.25) is 0 Å². The molecule has 0 amide bonds. The molecular formula is C20H21F5N2O3. The van der Waals surface area contributed by atoms with E-state index in [1.165, 1.54) is 7.11 Å². The van der Waals surface area contributed by atoms with Crippen molar-refractivity contribution in [2.75, 3.05) is 13.7 Å². The topological polar surface area (TPSA) is 73.6 Å². The number of halogens is 5. The van der Waals surface area contributed by atoms with Gasteiger partial charge in [-0.1, -0.05) is 12.1 Å². The lowest BCUT2D eigenvalue weighted by Gasteiger charge is -2.25. The van der Waals surface area contributed by atoms with E-state index >= 15 is 0 Å². The molecule has 2 rings (SSSR count). The Kier molecular flexibility index (Phi) is 8.13. The minimum Gasteiger partial charge on any atom is -0.497 e. The standard InChI is InChI=1S/C20H21F5N2O3/c1-29-16-4-2-3-12(7-16)10-27-11-18(30-19(28)20(23,24)25)17(26)8-13-5-14(21)9-15(22)6-13/h2-7,9,17-18,27H,8,10-11,26H2,1H3/t17-,18+/m0/s1. The maximum absolute atomic E-state index is 13.4. The monoisotopic (exact) mass is 432 g/mol. The second kappa shape index (κ2) is 10.4. The highest BCUT2D eigenvalue weighted by Gasteiger charge is 2.43. The maximum Gasteiger partial charge on any atom is 0.490 e. The number of nitrogens with two attached hydrogens (primary N) is 1. The predicted octanol–water partition coefficient (Wildman–Crippen LogP) is 3.11. The maximum atomic E-state index is 13.4. The summed E-state index contributed by atoms with van der Waals surface area (Å²) in [4.78, 5) is 11.3. The van der Waals surface area contributed by atoms with Crippen molar-refractivity contribution in [3.8, 4) is 5.75 Å². The molecule has 0 heterocycles. The van der Waals surface area contributed by atoms with Crippen molar-refractivity contribution in [1.29, 1.82) is 0 Å². The lowest BCUT2D eigenvalue weighted by molar-refractivity contribution is -0.205. The Balaban J connectivity index is 2.07. The van der Waals surface area contributed by atoms with Crippen LogP contribution < -0.4 is 15.8 Å². The molecule has 0 aliphatic rings. The number of rotatable bonds is 9. The van der Waals surface area contributed by atoms with E-state index < -0.39 is 35.9 Å². The van der Waals surface area contributed by atoms with E-state index in [2.05, 4.69) is 10.1 Å². The molecule has 0 saturated heterocycles. The molecule has 2 aromatic carbocycles. The quantitative estimate of drug-likeness (QED) is 0.471. The summed E-state index contributed by atoms with van der Waals surface area (Å²) in [6.45, 7) is 0.0244. The van der Waals surface area contributed by atoms with Gasteiger partial charge >= 0.3 is 12.1 Å². The Morgan fingerprint density at radius 2 is 1.77 bits per heavy atom. The fourth-order valence-corrected chi connectivity index (χ4v) is 2.76. The van der Waals surface area contributed by atoms with E-state index in [0.717, 1.165) is 17.7 Å². The summed E-state index contributed by atoms with van der Waals surface area (Å²) in [6, 6.07) is 8.49. The molecule has 30 heavy (non-hydrogen) atoms. The van der Waals surface area contributed by atoms with Gasteiger partial charge in [0.2, 0.25) is 0 Å². The van der Waals surface area contributed by atoms with Crippen LogP contribution in [0.3, 0.4) is 0 Å². The summed E-state index contributed by atoms with van der Waals surface area (Å²) >= 11 is 0. The zero-order valence-corrected chi connectivity index (χ0v) is 16.0. The normalized spacial score (nSPS) is 13.6. The molecule has 0 radical (unpaired) electrons. The molecule has 0 aliphatic heterocycles. The first-order valence-electron chi connectivity index (χ1n) is 8.90. The number of methoxy groups -OCH3 is 1. The van der Waals surface area contributed by atoms with Gasteiger partial charge in [0.1, 0.15) is 23.5 Å². The lowest BCUT2D eigenvalue weighted by Crippen LogP contribution is -2.47. The van der Waals surface area contributed by atoms with E-state index in [1.807, 2.05) is 0 Å². The van der Waals surface area contributed by atoms with Crippen LogP contribution in [0, 0.1) is 11.6 Å². The molecule has 0 fully saturated rings. The molecule has 5 nitrogen and oxygen atoms in total. The summed E-state index contributed by atoms with van der Waals surface area (Å²) in [5.41, 5.74) is 6.82. The van der Waals surface area contributed by atoms with E-state index in [4.69, 9.17) is 10.5 Å². The molecule has 0 aromatic heterocycles. The molecule has 2 aromatic rings. The second-order valence-corrected chi connectivity index (χ2v) is 6.57. The van der Waals surface area contributed by atoms with Gasteiger partial charge in [0.15, 0.2) is 0 Å². The third-order valence-electron chi connectivity index (χ3n) is 4.17. The van der Waals surface area contributed by atoms with Crippen LogP contribution in [0.4, 0.5) is 22.0 Å². The summed E-state index contributed by atoms with van der Waals surface area (Å²) < 4.78 is 74.2. The number of esters is 1. The van der Waals surface area contributed by atoms with Gasteiger partial charge in [-0.25, -0.2) is 13.6 Å². The SMILES string of the molecule is COc1cccc(CNC[C@@H](OC(=O)C(F)(F)F)[C@@H](N)Cc2cc(F)cc(F)c2)c1. The number of carbonyl (C=O) groups is 1. The van der Waals surface area contributed by atoms with Crippen molar-refractivity contribution in [2.24, 2.45) is 5.73 Å². The van der Waals surface area contributed by atoms with Crippen LogP contribution >= 0.6 is 0 Å². The fourth-order valence-electron chi connectivity index (χ4n) is 2.76. The zero-order chi connectivity index (χ0) is 22.3. The van der Waals surface area contributed by atoms with Gasteiger partial charge in [-0.2, -0.15) is 13.2 Å². The predicted molar refractivity (Wildman–Crippen MR) is 98.7 cm³/mol. The molecule has 0 saturated carbocycles. The Labute approximate surface area is 170 Å². The highest BCUT2D eigenvalue weighted by atomic mass is 19.4. The fraction of sp³-hybridized carbons (Fsp3) is 0.350. The minimum absolute atomic E-state index is 0.126. The van der Waals surface area contributed by atoms with Crippen LogP contribution in [0.5, 0.6) is 5.75 Å². The Bertz CT molecular complexity index is 840. The van der Waals surface area contributed by atoms with Crippen molar-refractivity contribution < 1.29 is 36.2 Å². The first-order valence-corrected chi connectivity index (χ1v) is 8.90. The minimum atomic E-state index is -5.20. The van der Waals surface area contributed by atoms with E-state index in [-0.39, 0.29) is 25.1 Å². The van der Waals surface area contributed by atoms with Gasteiger partial charge in [0, 0.05) is 25.2 Å². The molecule has 2 atom stereocenters. The first-order chi connectivity index (χ1) is 14.1. The first kappa shape index (κ1) is 23.6. The van der Waals surface area contributed by atoms with Crippen LogP contribution in [0.1, 0.15) is 11.1 Å². The van der Waals surface area contributed by atoms with Gasteiger partial charge < -0.3 is 20.5 Å². The Hall–Kier alpha value is -2.72.